The van der Waals surface area contributed by atoms with Crippen LogP contribution < -0.4 is 16.2 Å². The van der Waals surface area contributed by atoms with Crippen LogP contribution >= 0.6 is 12.4 Å². The average molecular weight is 245 g/mol. The summed E-state index contributed by atoms with van der Waals surface area (Å²) in [6.07, 6.45) is 1.58. The van der Waals surface area contributed by atoms with Gasteiger partial charge >= 0.3 is 0 Å². The van der Waals surface area contributed by atoms with E-state index in [-0.39, 0.29) is 23.7 Å². The minimum Gasteiger partial charge on any atom is -0.476 e. The second-order valence-electron chi connectivity index (χ2n) is 3.91. The van der Waals surface area contributed by atoms with Crippen LogP contribution in [0.2, 0.25) is 0 Å². The highest BCUT2D eigenvalue weighted by molar-refractivity contribution is 6.11. The summed E-state index contributed by atoms with van der Waals surface area (Å²) in [4.78, 5) is 11.8. The lowest BCUT2D eigenvalue weighted by Crippen LogP contribution is -2.21. The number of hydrogen-bond donors (Lipinski definition) is 2. The van der Waals surface area contributed by atoms with Gasteiger partial charge in [-0.25, -0.2) is 0 Å². The highest BCUT2D eigenvalue weighted by Gasteiger charge is 2.58. The number of nitrogens with two attached hydrogens (primary N) is 2. The van der Waals surface area contributed by atoms with E-state index < -0.39 is 5.60 Å². The largest absolute Gasteiger partial charge is 0.476 e. The third-order valence-electron chi connectivity index (χ3n) is 2.80. The van der Waals surface area contributed by atoms with Gasteiger partial charge < -0.3 is 21.7 Å². The Morgan fingerprint density at radius 3 is 2.44 bits per heavy atom. The number of anilines is 2. The first kappa shape index (κ1) is 12.6. The molecular weight excluding hydrogens is 232 g/mol. The maximum Gasteiger partial charge on any atom is 0.210 e. The molecule has 2 aliphatic rings. The number of Topliss-reactive ketones (excluding diaryl/α,β-unsaturated/α-hetero) is 1. The lowest BCUT2D eigenvalue weighted by atomic mass is 10.1. The quantitative estimate of drug-likeness (QED) is 0.650. The van der Waals surface area contributed by atoms with E-state index in [0.717, 1.165) is 12.8 Å². The van der Waals surface area contributed by atoms with Crippen LogP contribution in [-0.4, -0.2) is 16.9 Å². The number of hydrogen-bond acceptors (Lipinski definition) is 4. The van der Waals surface area contributed by atoms with Crippen molar-refractivity contribution in [3.8, 4) is 5.75 Å². The van der Waals surface area contributed by atoms with Crippen LogP contribution in [0.5, 0.6) is 5.75 Å². The molecule has 0 amide bonds. The molecule has 16 heavy (non-hydrogen) atoms. The van der Waals surface area contributed by atoms with Gasteiger partial charge in [0.15, 0.2) is 11.4 Å². The van der Waals surface area contributed by atoms with Crippen molar-refractivity contribution < 1.29 is 15.0 Å². The number of halogens is 1. The first-order valence-corrected chi connectivity index (χ1v) is 4.55. The van der Waals surface area contributed by atoms with E-state index in [1.165, 1.54) is 0 Å². The third-order valence-corrected chi connectivity index (χ3v) is 2.80. The number of fused-ring (bicyclic) bond motifs is 1. The number of ketones is 1. The van der Waals surface area contributed by atoms with Crippen LogP contribution in [0.3, 0.4) is 0 Å². The summed E-state index contributed by atoms with van der Waals surface area (Å²) in [5.74, 6) is 0.549. The minimum atomic E-state index is -0.579. The van der Waals surface area contributed by atoms with Gasteiger partial charge in [0.1, 0.15) is 0 Å². The van der Waals surface area contributed by atoms with Crippen molar-refractivity contribution in [1.82, 2.24) is 0 Å². The van der Waals surface area contributed by atoms with E-state index in [1.807, 2.05) is 0 Å². The molecule has 0 atom stereocenters. The molecule has 1 heterocycles. The molecule has 1 saturated carbocycles. The number of benzene rings is 1. The summed E-state index contributed by atoms with van der Waals surface area (Å²) in [7, 11) is 0. The molecule has 6 N–H and O–H groups in total. The Kier molecular flexibility index (Phi) is 2.79. The number of carbonyl (C=O) groups is 1. The van der Waals surface area contributed by atoms with E-state index in [0.29, 0.717) is 22.7 Å². The van der Waals surface area contributed by atoms with Gasteiger partial charge in [-0.1, -0.05) is 0 Å². The molecule has 1 fully saturated rings. The van der Waals surface area contributed by atoms with Crippen molar-refractivity contribution in [2.24, 2.45) is 0 Å². The minimum absolute atomic E-state index is 0. The molecule has 1 aromatic rings. The zero-order valence-corrected chi connectivity index (χ0v) is 9.26. The molecule has 0 unspecified atom stereocenters. The standard InChI is InChI=1S/C10H10N2O2.ClH.H2O/c11-5-3-6-8(7(12)4-5)14-10(1-2-10)9(6)13;;/h3-4H,1-2,11-12H2;1H;1H2. The fourth-order valence-corrected chi connectivity index (χ4v) is 1.89. The summed E-state index contributed by atoms with van der Waals surface area (Å²) in [6, 6.07) is 3.26. The van der Waals surface area contributed by atoms with Crippen LogP contribution in [-0.2, 0) is 0 Å². The van der Waals surface area contributed by atoms with E-state index in [2.05, 4.69) is 0 Å². The molecule has 0 saturated heterocycles. The Labute approximate surface area is 98.5 Å². The second kappa shape index (κ2) is 3.54. The summed E-state index contributed by atoms with van der Waals surface area (Å²) in [6.45, 7) is 0. The number of carbonyl (C=O) groups excluding carboxylic acids is 1. The van der Waals surface area contributed by atoms with Gasteiger partial charge in [0.05, 0.1) is 11.3 Å². The molecule has 6 heteroatoms. The molecule has 1 aliphatic heterocycles. The highest BCUT2D eigenvalue weighted by Crippen LogP contribution is 2.51. The monoisotopic (exact) mass is 244 g/mol. The predicted octanol–water partition coefficient (Wildman–Crippen LogP) is 0.556. The lowest BCUT2D eigenvalue weighted by molar-refractivity contribution is 0.0821. The molecule has 5 nitrogen and oxygen atoms in total. The first-order chi connectivity index (χ1) is 6.62. The molecule has 88 valence electrons. The third kappa shape index (κ3) is 1.40. The maximum atomic E-state index is 11.8. The lowest BCUT2D eigenvalue weighted by Gasteiger charge is -2.06. The molecular formula is C10H13ClN2O3. The Bertz CT molecular complexity index is 458. The van der Waals surface area contributed by atoms with Crippen LogP contribution in [0.1, 0.15) is 23.2 Å². The summed E-state index contributed by atoms with van der Waals surface area (Å²) >= 11 is 0. The van der Waals surface area contributed by atoms with Gasteiger partial charge in [0.25, 0.3) is 0 Å². The van der Waals surface area contributed by atoms with Crippen molar-refractivity contribution in [1.29, 1.82) is 0 Å². The molecule has 0 bridgehead atoms. The van der Waals surface area contributed by atoms with Crippen LogP contribution in [0.4, 0.5) is 11.4 Å². The van der Waals surface area contributed by atoms with Gasteiger partial charge in [0.2, 0.25) is 5.78 Å². The van der Waals surface area contributed by atoms with E-state index in [9.17, 15) is 4.79 Å². The molecule has 3 rings (SSSR count). The summed E-state index contributed by atoms with van der Waals surface area (Å²) < 4.78 is 5.57. The zero-order valence-electron chi connectivity index (χ0n) is 8.45. The van der Waals surface area contributed by atoms with E-state index >= 15 is 0 Å². The van der Waals surface area contributed by atoms with Crippen LogP contribution in [0.25, 0.3) is 0 Å². The van der Waals surface area contributed by atoms with Gasteiger partial charge in [0, 0.05) is 5.69 Å². The van der Waals surface area contributed by atoms with Crippen molar-refractivity contribution in [3.63, 3.8) is 0 Å². The first-order valence-electron chi connectivity index (χ1n) is 4.55. The Morgan fingerprint density at radius 2 is 1.88 bits per heavy atom. The van der Waals surface area contributed by atoms with E-state index in [4.69, 9.17) is 16.2 Å². The Hall–Kier alpha value is -1.46. The predicted molar refractivity (Wildman–Crippen MR) is 63.1 cm³/mol. The van der Waals surface area contributed by atoms with Crippen molar-refractivity contribution in [3.05, 3.63) is 17.7 Å². The molecule has 0 radical (unpaired) electrons. The van der Waals surface area contributed by atoms with Crippen LogP contribution in [0.15, 0.2) is 12.1 Å². The number of rotatable bonds is 0. The smallest absolute Gasteiger partial charge is 0.210 e. The van der Waals surface area contributed by atoms with Crippen molar-refractivity contribution in [2.45, 2.75) is 18.4 Å². The van der Waals surface area contributed by atoms with Gasteiger partial charge in [-0.05, 0) is 25.0 Å². The molecule has 0 aromatic heterocycles. The fourth-order valence-electron chi connectivity index (χ4n) is 1.89. The topological polar surface area (TPSA) is 110 Å². The fraction of sp³-hybridized carbons (Fsp3) is 0.300. The summed E-state index contributed by atoms with van der Waals surface area (Å²) in [5.41, 5.74) is 12.3. The average Bonchev–Trinajstić information content (AvgIpc) is 2.83. The molecule has 1 aromatic carbocycles. The number of ether oxygens (including phenoxy) is 1. The summed E-state index contributed by atoms with van der Waals surface area (Å²) in [5, 5.41) is 0. The molecule has 1 spiro atoms. The van der Waals surface area contributed by atoms with Crippen molar-refractivity contribution in [2.75, 3.05) is 11.5 Å². The molecule has 1 aliphatic carbocycles. The van der Waals surface area contributed by atoms with Crippen molar-refractivity contribution >= 4 is 29.6 Å². The van der Waals surface area contributed by atoms with Gasteiger partial charge in [-0.15, -0.1) is 12.4 Å². The highest BCUT2D eigenvalue weighted by atomic mass is 35.5. The van der Waals surface area contributed by atoms with Gasteiger partial charge in [-0.3, -0.25) is 4.79 Å². The maximum absolute atomic E-state index is 11.8. The van der Waals surface area contributed by atoms with Crippen LogP contribution in [0, 0.1) is 0 Å². The van der Waals surface area contributed by atoms with Gasteiger partial charge in [-0.2, -0.15) is 0 Å². The second-order valence-corrected chi connectivity index (χ2v) is 3.91. The number of nitrogen functional groups attached to an aromatic ring is 2. The SMILES string of the molecule is Cl.Nc1cc(N)c2c(c1)C(=O)C1(CC1)O2.O. The normalized spacial score (nSPS) is 18.1. The zero-order chi connectivity index (χ0) is 9.92. The Balaban J connectivity index is 0.000000640. The van der Waals surface area contributed by atoms with E-state index in [1.54, 1.807) is 12.1 Å². The Morgan fingerprint density at radius 1 is 1.25 bits per heavy atom.